The SMILES string of the molecule is CCOC(=O)N1CCN(Cc2ccc(OC[C@@H]3CCCN(C(=O)c4ccc5c(c4)OCO5)C3)cc2)CC1. The van der Waals surface area contributed by atoms with Crippen molar-refractivity contribution in [1.82, 2.24) is 14.7 Å². The van der Waals surface area contributed by atoms with Crippen LogP contribution in [-0.2, 0) is 11.3 Å². The van der Waals surface area contributed by atoms with Crippen LogP contribution in [0.15, 0.2) is 42.5 Å². The van der Waals surface area contributed by atoms with Gasteiger partial charge < -0.3 is 28.7 Å². The van der Waals surface area contributed by atoms with Crippen LogP contribution in [0.3, 0.4) is 0 Å². The van der Waals surface area contributed by atoms with Crippen LogP contribution in [0.4, 0.5) is 4.79 Å². The Balaban J connectivity index is 1.07. The van der Waals surface area contributed by atoms with Crippen LogP contribution in [0.1, 0.15) is 35.7 Å². The summed E-state index contributed by atoms with van der Waals surface area (Å²) < 4.78 is 22.0. The normalized spacial score (nSPS) is 19.5. The molecule has 37 heavy (non-hydrogen) atoms. The molecule has 0 N–H and O–H groups in total. The van der Waals surface area contributed by atoms with Crippen molar-refractivity contribution < 1.29 is 28.5 Å². The predicted molar refractivity (Wildman–Crippen MR) is 137 cm³/mol. The minimum atomic E-state index is -0.220. The molecule has 0 unspecified atom stereocenters. The molecule has 2 fully saturated rings. The van der Waals surface area contributed by atoms with Crippen LogP contribution < -0.4 is 14.2 Å². The fourth-order valence-electron chi connectivity index (χ4n) is 5.06. The van der Waals surface area contributed by atoms with E-state index in [0.29, 0.717) is 55.8 Å². The molecule has 9 heteroatoms. The molecule has 3 aliphatic rings. The lowest BCUT2D eigenvalue weighted by molar-refractivity contribution is 0.0632. The lowest BCUT2D eigenvalue weighted by Crippen LogP contribution is -2.48. The van der Waals surface area contributed by atoms with Crippen LogP contribution >= 0.6 is 0 Å². The Morgan fingerprint density at radius 2 is 1.73 bits per heavy atom. The first kappa shape index (κ1) is 25.2. The molecule has 2 aromatic carbocycles. The summed E-state index contributed by atoms with van der Waals surface area (Å²) in [4.78, 5) is 31.0. The zero-order chi connectivity index (χ0) is 25.6. The molecular formula is C28H35N3O6. The van der Waals surface area contributed by atoms with Gasteiger partial charge in [0.1, 0.15) is 5.75 Å². The molecule has 5 rings (SSSR count). The maximum absolute atomic E-state index is 13.1. The van der Waals surface area contributed by atoms with Gasteiger partial charge in [-0.25, -0.2) is 4.79 Å². The highest BCUT2D eigenvalue weighted by molar-refractivity contribution is 5.95. The van der Waals surface area contributed by atoms with Crippen molar-refractivity contribution in [3.05, 3.63) is 53.6 Å². The van der Waals surface area contributed by atoms with Crippen molar-refractivity contribution in [2.24, 2.45) is 5.92 Å². The van der Waals surface area contributed by atoms with Crippen LogP contribution in [-0.4, -0.2) is 86.0 Å². The third kappa shape index (κ3) is 6.28. The Morgan fingerprint density at radius 1 is 0.946 bits per heavy atom. The van der Waals surface area contributed by atoms with Crippen LogP contribution in [0, 0.1) is 5.92 Å². The van der Waals surface area contributed by atoms with Crippen molar-refractivity contribution in [2.45, 2.75) is 26.3 Å². The van der Waals surface area contributed by atoms with E-state index in [-0.39, 0.29) is 18.8 Å². The van der Waals surface area contributed by atoms with Crippen molar-refractivity contribution in [3.63, 3.8) is 0 Å². The Morgan fingerprint density at radius 3 is 2.51 bits per heavy atom. The van der Waals surface area contributed by atoms with E-state index in [2.05, 4.69) is 17.0 Å². The number of nitrogens with zero attached hydrogens (tertiary/aromatic N) is 3. The van der Waals surface area contributed by atoms with Gasteiger partial charge in [-0.2, -0.15) is 0 Å². The molecule has 2 aromatic rings. The third-order valence-electron chi connectivity index (χ3n) is 7.14. The summed E-state index contributed by atoms with van der Waals surface area (Å²) in [6, 6.07) is 13.6. The number of hydrogen-bond acceptors (Lipinski definition) is 7. The van der Waals surface area contributed by atoms with Gasteiger partial charge in [0.05, 0.1) is 13.2 Å². The summed E-state index contributed by atoms with van der Waals surface area (Å²) in [7, 11) is 0. The van der Waals surface area contributed by atoms with Crippen molar-refractivity contribution in [2.75, 3.05) is 59.3 Å². The molecular weight excluding hydrogens is 474 g/mol. The molecule has 3 heterocycles. The van der Waals surface area contributed by atoms with Gasteiger partial charge in [0.15, 0.2) is 11.5 Å². The van der Waals surface area contributed by atoms with E-state index in [1.54, 1.807) is 23.1 Å². The third-order valence-corrected chi connectivity index (χ3v) is 7.14. The summed E-state index contributed by atoms with van der Waals surface area (Å²) in [5.41, 5.74) is 1.85. The van der Waals surface area contributed by atoms with Gasteiger partial charge in [-0.1, -0.05) is 12.1 Å². The van der Waals surface area contributed by atoms with Crippen LogP contribution in [0.2, 0.25) is 0 Å². The van der Waals surface area contributed by atoms with Gasteiger partial charge in [-0.15, -0.1) is 0 Å². The Labute approximate surface area is 217 Å². The second-order valence-corrected chi connectivity index (χ2v) is 9.74. The topological polar surface area (TPSA) is 80.8 Å². The van der Waals surface area contributed by atoms with Crippen LogP contribution in [0.25, 0.3) is 0 Å². The molecule has 198 valence electrons. The molecule has 2 saturated heterocycles. The first-order chi connectivity index (χ1) is 18.1. The van der Waals surface area contributed by atoms with Gasteiger partial charge in [0.25, 0.3) is 5.91 Å². The number of ether oxygens (including phenoxy) is 4. The first-order valence-corrected chi connectivity index (χ1v) is 13.1. The summed E-state index contributed by atoms with van der Waals surface area (Å²) in [6.45, 7) is 8.35. The number of carbonyl (C=O) groups excluding carboxylic acids is 2. The molecule has 0 aliphatic carbocycles. The smallest absolute Gasteiger partial charge is 0.409 e. The predicted octanol–water partition coefficient (Wildman–Crippen LogP) is 3.62. The van der Waals surface area contributed by atoms with E-state index >= 15 is 0 Å². The maximum Gasteiger partial charge on any atom is 0.409 e. The quantitative estimate of drug-likeness (QED) is 0.564. The fourth-order valence-corrected chi connectivity index (χ4v) is 5.06. The summed E-state index contributed by atoms with van der Waals surface area (Å²) in [5.74, 6) is 2.47. The van der Waals surface area contributed by atoms with Crippen molar-refractivity contribution in [1.29, 1.82) is 0 Å². The fraction of sp³-hybridized carbons (Fsp3) is 0.500. The number of hydrogen-bond donors (Lipinski definition) is 0. The minimum absolute atomic E-state index is 0.0236. The summed E-state index contributed by atoms with van der Waals surface area (Å²) in [5, 5.41) is 0. The molecule has 0 aromatic heterocycles. The average molecular weight is 510 g/mol. The van der Waals surface area contributed by atoms with Crippen LogP contribution in [0.5, 0.6) is 17.2 Å². The molecule has 0 bridgehead atoms. The second kappa shape index (κ2) is 11.7. The zero-order valence-electron chi connectivity index (χ0n) is 21.4. The molecule has 0 radical (unpaired) electrons. The summed E-state index contributed by atoms with van der Waals surface area (Å²) >= 11 is 0. The van der Waals surface area contributed by atoms with Gasteiger partial charge in [0.2, 0.25) is 6.79 Å². The van der Waals surface area contributed by atoms with Crippen molar-refractivity contribution >= 4 is 12.0 Å². The summed E-state index contributed by atoms with van der Waals surface area (Å²) in [6.07, 6.45) is 1.79. The van der Waals surface area contributed by atoms with E-state index in [1.165, 1.54) is 5.56 Å². The molecule has 0 spiro atoms. The number of piperidine rings is 1. The van der Waals surface area contributed by atoms with E-state index in [4.69, 9.17) is 18.9 Å². The van der Waals surface area contributed by atoms with Gasteiger partial charge in [-0.05, 0) is 55.7 Å². The lowest BCUT2D eigenvalue weighted by Gasteiger charge is -2.34. The minimum Gasteiger partial charge on any atom is -0.493 e. The zero-order valence-corrected chi connectivity index (χ0v) is 21.4. The standard InChI is InChI=1S/C28H35N3O6/c1-2-34-28(33)30-14-12-29(13-15-30)17-21-5-8-24(9-6-21)35-19-22-4-3-11-31(18-22)27(32)23-7-10-25-26(16-23)37-20-36-25/h5-10,16,22H,2-4,11-15,17-20H2,1H3/t22-/m1/s1. The molecule has 2 amide bonds. The molecule has 3 aliphatic heterocycles. The Bertz CT molecular complexity index is 1080. The first-order valence-electron chi connectivity index (χ1n) is 13.1. The van der Waals surface area contributed by atoms with Gasteiger partial charge >= 0.3 is 6.09 Å². The van der Waals surface area contributed by atoms with E-state index < -0.39 is 0 Å². The number of amides is 2. The highest BCUT2D eigenvalue weighted by Gasteiger charge is 2.26. The number of rotatable bonds is 7. The second-order valence-electron chi connectivity index (χ2n) is 9.74. The molecule has 9 nitrogen and oxygen atoms in total. The number of fused-ring (bicyclic) bond motifs is 1. The maximum atomic E-state index is 13.1. The van der Waals surface area contributed by atoms with Gasteiger partial charge in [0, 0.05) is 57.3 Å². The molecule has 1 atom stereocenters. The Hall–Kier alpha value is -3.46. The highest BCUT2D eigenvalue weighted by atomic mass is 16.7. The number of carbonyl (C=O) groups is 2. The number of benzene rings is 2. The van der Waals surface area contributed by atoms with E-state index in [0.717, 1.165) is 44.8 Å². The van der Waals surface area contributed by atoms with Gasteiger partial charge in [-0.3, -0.25) is 9.69 Å². The monoisotopic (exact) mass is 509 g/mol. The largest absolute Gasteiger partial charge is 0.493 e. The van der Waals surface area contributed by atoms with E-state index in [1.807, 2.05) is 24.0 Å². The highest BCUT2D eigenvalue weighted by Crippen LogP contribution is 2.33. The van der Waals surface area contributed by atoms with E-state index in [9.17, 15) is 9.59 Å². The molecule has 0 saturated carbocycles. The lowest BCUT2D eigenvalue weighted by atomic mass is 9.98. The van der Waals surface area contributed by atoms with Crippen molar-refractivity contribution in [3.8, 4) is 17.2 Å². The number of likely N-dealkylation sites (tertiary alicyclic amines) is 1. The Kier molecular flexibility index (Phi) is 7.99. The number of piperazine rings is 1. The average Bonchev–Trinajstić information content (AvgIpc) is 3.41.